The van der Waals surface area contributed by atoms with Crippen LogP contribution in [0.1, 0.15) is 26.2 Å². The minimum absolute atomic E-state index is 0.128. The van der Waals surface area contributed by atoms with Crippen molar-refractivity contribution in [3.63, 3.8) is 0 Å². The van der Waals surface area contributed by atoms with Crippen molar-refractivity contribution < 1.29 is 14.6 Å². The molecular formula is C16H22O3Se. The summed E-state index contributed by atoms with van der Waals surface area (Å²) in [6.07, 6.45) is 1.67. The molecule has 4 heteroatoms. The first-order valence-electron chi connectivity index (χ1n) is 6.66. The maximum absolute atomic E-state index is 11.9. The van der Waals surface area contributed by atoms with E-state index in [9.17, 15) is 9.90 Å². The Morgan fingerprint density at radius 3 is 2.60 bits per heavy atom. The van der Waals surface area contributed by atoms with Crippen LogP contribution in [0.15, 0.2) is 42.5 Å². The third kappa shape index (κ3) is 5.91. The summed E-state index contributed by atoms with van der Waals surface area (Å²) in [4.78, 5) is 11.4. The number of allylic oxidation sites excluding steroid dienone is 1. The second-order valence-electron chi connectivity index (χ2n) is 4.79. The molecule has 1 rings (SSSR count). The zero-order valence-electron chi connectivity index (χ0n) is 12.0. The number of benzene rings is 1. The minimum atomic E-state index is -0.651. The molecule has 0 heterocycles. The van der Waals surface area contributed by atoms with Crippen LogP contribution >= 0.6 is 0 Å². The predicted octanol–water partition coefficient (Wildman–Crippen LogP) is 2.08. The van der Waals surface area contributed by atoms with Crippen LogP contribution in [0.5, 0.6) is 0 Å². The van der Waals surface area contributed by atoms with Gasteiger partial charge in [0, 0.05) is 0 Å². The Morgan fingerprint density at radius 1 is 1.40 bits per heavy atom. The Balaban J connectivity index is 2.64. The second kappa shape index (κ2) is 8.96. The second-order valence-corrected chi connectivity index (χ2v) is 7.34. The topological polar surface area (TPSA) is 46.5 Å². The molecule has 110 valence electrons. The fraction of sp³-hybridized carbons (Fsp3) is 0.438. The normalized spacial score (nSPS) is 13.6. The van der Waals surface area contributed by atoms with Gasteiger partial charge in [0.15, 0.2) is 0 Å². The molecule has 20 heavy (non-hydrogen) atoms. The van der Waals surface area contributed by atoms with E-state index in [2.05, 4.69) is 6.58 Å². The van der Waals surface area contributed by atoms with Crippen molar-refractivity contribution >= 4 is 25.4 Å². The van der Waals surface area contributed by atoms with E-state index in [0.717, 1.165) is 22.9 Å². The molecule has 1 aromatic carbocycles. The van der Waals surface area contributed by atoms with Gasteiger partial charge in [0.1, 0.15) is 0 Å². The van der Waals surface area contributed by atoms with Gasteiger partial charge in [-0.3, -0.25) is 0 Å². The molecule has 0 unspecified atom stereocenters. The Bertz CT molecular complexity index is 431. The molecule has 2 atom stereocenters. The average Bonchev–Trinajstić information content (AvgIpc) is 2.44. The number of methoxy groups -OCH3 is 1. The fourth-order valence-corrected chi connectivity index (χ4v) is 4.10. The summed E-state index contributed by atoms with van der Waals surface area (Å²) in [5.41, 5.74) is 1.10. The molecule has 0 saturated heterocycles. The van der Waals surface area contributed by atoms with E-state index < -0.39 is 10.9 Å². The summed E-state index contributed by atoms with van der Waals surface area (Å²) in [7, 11) is 1.37. The van der Waals surface area contributed by atoms with Crippen molar-refractivity contribution in [2.75, 3.05) is 7.11 Å². The van der Waals surface area contributed by atoms with Crippen molar-refractivity contribution in [3.8, 4) is 0 Å². The predicted molar refractivity (Wildman–Crippen MR) is 82.3 cm³/mol. The molecule has 0 aliphatic heterocycles. The molecule has 0 aliphatic carbocycles. The molecule has 0 bridgehead atoms. The zero-order valence-corrected chi connectivity index (χ0v) is 13.8. The van der Waals surface area contributed by atoms with Gasteiger partial charge < -0.3 is 0 Å². The van der Waals surface area contributed by atoms with Gasteiger partial charge in [-0.2, -0.15) is 0 Å². The first-order valence-corrected chi connectivity index (χ1v) is 8.51. The van der Waals surface area contributed by atoms with Crippen LogP contribution in [-0.4, -0.2) is 39.2 Å². The number of carbonyl (C=O) groups excluding carboxylic acids is 1. The summed E-state index contributed by atoms with van der Waals surface area (Å²) in [5.74, 6) is -0.323. The van der Waals surface area contributed by atoms with Gasteiger partial charge >= 0.3 is 127 Å². The number of esters is 1. The first-order chi connectivity index (χ1) is 9.54. The number of ether oxygens (including phenoxy) is 1. The molecule has 0 fully saturated rings. The summed E-state index contributed by atoms with van der Waals surface area (Å²) >= 11 is -0.128. The van der Waals surface area contributed by atoms with E-state index in [1.807, 2.05) is 37.3 Å². The maximum atomic E-state index is 11.9. The average molecular weight is 341 g/mol. The molecule has 0 spiro atoms. The number of hydrogen-bond acceptors (Lipinski definition) is 3. The molecule has 0 aromatic heterocycles. The van der Waals surface area contributed by atoms with Crippen LogP contribution in [0.25, 0.3) is 0 Å². The Kier molecular flexibility index (Phi) is 7.60. The van der Waals surface area contributed by atoms with Gasteiger partial charge in [-0.1, -0.05) is 0 Å². The van der Waals surface area contributed by atoms with Crippen molar-refractivity contribution in [3.05, 3.63) is 42.5 Å². The standard InChI is InChI=1S/C16H22O3Se/c1-12(2)8-7-11-14(17)15(16(18)19-3)20-13-9-5-4-6-10-13/h4-6,9-10,14-15,17H,1,7-8,11H2,2-3H3/t14-,15-/m1/s1. The summed E-state index contributed by atoms with van der Waals surface area (Å²) < 4.78 is 5.92. The fourth-order valence-electron chi connectivity index (χ4n) is 1.81. The van der Waals surface area contributed by atoms with Crippen molar-refractivity contribution in [2.24, 2.45) is 0 Å². The van der Waals surface area contributed by atoms with E-state index in [1.54, 1.807) is 0 Å². The van der Waals surface area contributed by atoms with Crippen molar-refractivity contribution in [1.82, 2.24) is 0 Å². The van der Waals surface area contributed by atoms with E-state index in [1.165, 1.54) is 7.11 Å². The van der Waals surface area contributed by atoms with Crippen molar-refractivity contribution in [1.29, 1.82) is 0 Å². The molecule has 0 aliphatic rings. The number of aliphatic hydroxyl groups excluding tert-OH is 1. The van der Waals surface area contributed by atoms with Crippen molar-refractivity contribution in [2.45, 2.75) is 37.1 Å². The molecule has 0 amide bonds. The van der Waals surface area contributed by atoms with E-state index in [0.29, 0.717) is 6.42 Å². The number of aliphatic hydroxyl groups is 1. The van der Waals surface area contributed by atoms with Crippen LogP contribution in [0.2, 0.25) is 4.82 Å². The van der Waals surface area contributed by atoms with Crippen LogP contribution in [0.4, 0.5) is 0 Å². The number of carbonyl (C=O) groups is 1. The van der Waals surface area contributed by atoms with Gasteiger partial charge in [-0.25, -0.2) is 0 Å². The van der Waals surface area contributed by atoms with Crippen LogP contribution in [-0.2, 0) is 9.53 Å². The summed E-state index contributed by atoms with van der Waals surface area (Å²) in [5, 5.41) is 10.3. The van der Waals surface area contributed by atoms with Crippen LogP contribution in [0, 0.1) is 0 Å². The van der Waals surface area contributed by atoms with Crippen LogP contribution in [0.3, 0.4) is 0 Å². The summed E-state index contributed by atoms with van der Waals surface area (Å²) in [6, 6.07) is 9.79. The van der Waals surface area contributed by atoms with Gasteiger partial charge in [-0.15, -0.1) is 0 Å². The zero-order chi connectivity index (χ0) is 15.0. The first kappa shape index (κ1) is 17.0. The third-order valence-corrected chi connectivity index (χ3v) is 5.63. The van der Waals surface area contributed by atoms with Gasteiger partial charge in [-0.05, 0) is 0 Å². The number of hydrogen-bond donors (Lipinski definition) is 1. The molecule has 0 saturated carbocycles. The van der Waals surface area contributed by atoms with Gasteiger partial charge in [0.25, 0.3) is 0 Å². The van der Waals surface area contributed by atoms with E-state index in [4.69, 9.17) is 4.74 Å². The van der Waals surface area contributed by atoms with Gasteiger partial charge in [0.2, 0.25) is 0 Å². The Hall–Kier alpha value is -1.09. The molecular weight excluding hydrogens is 319 g/mol. The van der Waals surface area contributed by atoms with E-state index in [-0.39, 0.29) is 20.9 Å². The number of rotatable bonds is 8. The summed E-state index contributed by atoms with van der Waals surface area (Å²) in [6.45, 7) is 5.82. The van der Waals surface area contributed by atoms with Gasteiger partial charge in [0.05, 0.1) is 0 Å². The molecule has 1 aromatic rings. The Morgan fingerprint density at radius 2 is 2.05 bits per heavy atom. The van der Waals surface area contributed by atoms with E-state index >= 15 is 0 Å². The molecule has 3 nitrogen and oxygen atoms in total. The monoisotopic (exact) mass is 342 g/mol. The molecule has 1 N–H and O–H groups in total. The Labute approximate surface area is 127 Å². The van der Waals surface area contributed by atoms with Crippen LogP contribution < -0.4 is 4.46 Å². The SMILES string of the molecule is C=C(C)CCC[C@@H](O)[C@@H]([Se]c1ccccc1)C(=O)OC. The third-order valence-electron chi connectivity index (χ3n) is 2.89. The molecule has 0 radical (unpaired) electrons. The quantitative estimate of drug-likeness (QED) is 0.447.